The number of ether oxygens (including phenoxy) is 1. The Morgan fingerprint density at radius 1 is 1.50 bits per heavy atom. The highest BCUT2D eigenvalue weighted by molar-refractivity contribution is 9.10. The Morgan fingerprint density at radius 3 is 2.80 bits per heavy atom. The van der Waals surface area contributed by atoms with Gasteiger partial charge in [0.2, 0.25) is 0 Å². The highest BCUT2D eigenvalue weighted by atomic mass is 79.9. The number of benzene rings is 1. The number of nitrogens with zero attached hydrogens (tertiary/aromatic N) is 1. The molecule has 0 unspecified atom stereocenters. The molecule has 0 aliphatic carbocycles. The maximum absolute atomic E-state index is 12.4. The van der Waals surface area contributed by atoms with E-state index in [0.29, 0.717) is 41.1 Å². The summed E-state index contributed by atoms with van der Waals surface area (Å²) >= 11 is 9.28. The van der Waals surface area contributed by atoms with Crippen LogP contribution >= 0.6 is 27.5 Å². The second-order valence-corrected chi connectivity index (χ2v) is 6.41. The Balaban J connectivity index is 2.10. The predicted molar refractivity (Wildman–Crippen MR) is 81.1 cm³/mol. The maximum atomic E-state index is 12.4. The van der Waals surface area contributed by atoms with Gasteiger partial charge < -0.3 is 14.7 Å². The molecule has 0 saturated carbocycles. The minimum absolute atomic E-state index is 0.167. The van der Waals surface area contributed by atoms with Crippen LogP contribution in [0.4, 0.5) is 0 Å². The van der Waals surface area contributed by atoms with Gasteiger partial charge in [-0.25, -0.2) is 0 Å². The van der Waals surface area contributed by atoms with Crippen molar-refractivity contribution < 1.29 is 14.6 Å². The SMILES string of the molecule is CN(CC1(O)CCOCC1)C(=O)c1cc(Cl)ccc1Br. The third-order valence-corrected chi connectivity index (χ3v) is 4.39. The first-order chi connectivity index (χ1) is 9.41. The summed E-state index contributed by atoms with van der Waals surface area (Å²) in [5.74, 6) is -0.167. The van der Waals surface area contributed by atoms with Crippen molar-refractivity contribution in [3.05, 3.63) is 33.3 Å². The van der Waals surface area contributed by atoms with Crippen LogP contribution in [0.2, 0.25) is 5.02 Å². The van der Waals surface area contributed by atoms with Gasteiger partial charge in [0.25, 0.3) is 5.91 Å². The van der Waals surface area contributed by atoms with Crippen molar-refractivity contribution in [2.45, 2.75) is 18.4 Å². The summed E-state index contributed by atoms with van der Waals surface area (Å²) in [6.07, 6.45) is 1.09. The van der Waals surface area contributed by atoms with Crippen LogP contribution in [0.15, 0.2) is 22.7 Å². The molecule has 6 heteroatoms. The van der Waals surface area contributed by atoms with E-state index >= 15 is 0 Å². The number of rotatable bonds is 3. The summed E-state index contributed by atoms with van der Waals surface area (Å²) in [4.78, 5) is 14.0. The summed E-state index contributed by atoms with van der Waals surface area (Å²) in [6.45, 7) is 1.34. The highest BCUT2D eigenvalue weighted by Gasteiger charge is 2.32. The number of amides is 1. The summed E-state index contributed by atoms with van der Waals surface area (Å²) in [6, 6.07) is 5.08. The van der Waals surface area contributed by atoms with Crippen LogP contribution in [0.5, 0.6) is 0 Å². The van der Waals surface area contributed by atoms with Gasteiger partial charge in [-0.15, -0.1) is 0 Å². The molecular formula is C14H17BrClNO3. The third-order valence-electron chi connectivity index (χ3n) is 3.46. The van der Waals surface area contributed by atoms with E-state index in [1.807, 2.05) is 0 Å². The lowest BCUT2D eigenvalue weighted by atomic mass is 9.94. The zero-order chi connectivity index (χ0) is 14.8. The summed E-state index contributed by atoms with van der Waals surface area (Å²) < 4.78 is 5.93. The molecule has 1 fully saturated rings. The van der Waals surface area contributed by atoms with E-state index in [9.17, 15) is 9.90 Å². The summed E-state index contributed by atoms with van der Waals surface area (Å²) in [5, 5.41) is 11.0. The van der Waals surface area contributed by atoms with Gasteiger partial charge in [-0.3, -0.25) is 4.79 Å². The van der Waals surface area contributed by atoms with Gasteiger partial charge in [0.05, 0.1) is 11.2 Å². The molecular weight excluding hydrogens is 346 g/mol. The largest absolute Gasteiger partial charge is 0.388 e. The number of hydrogen-bond donors (Lipinski definition) is 1. The molecule has 0 aromatic heterocycles. The standard InChI is InChI=1S/C14H17BrClNO3/c1-17(9-14(19)4-6-20-7-5-14)13(18)11-8-10(16)2-3-12(11)15/h2-3,8,19H,4-7,9H2,1H3. The molecule has 0 radical (unpaired) electrons. The van der Waals surface area contributed by atoms with Gasteiger partial charge in [-0.05, 0) is 34.1 Å². The van der Waals surface area contributed by atoms with Crippen molar-refractivity contribution in [3.8, 4) is 0 Å². The van der Waals surface area contributed by atoms with E-state index < -0.39 is 5.60 Å². The maximum Gasteiger partial charge on any atom is 0.254 e. The van der Waals surface area contributed by atoms with Gasteiger partial charge in [-0.1, -0.05) is 11.6 Å². The molecule has 2 rings (SSSR count). The Kier molecular flexibility index (Phi) is 5.07. The third kappa shape index (κ3) is 3.73. The lowest BCUT2D eigenvalue weighted by Gasteiger charge is -2.35. The fourth-order valence-corrected chi connectivity index (χ4v) is 2.88. The van der Waals surface area contributed by atoms with Gasteiger partial charge >= 0.3 is 0 Å². The fourth-order valence-electron chi connectivity index (χ4n) is 2.29. The number of carbonyl (C=O) groups is 1. The van der Waals surface area contributed by atoms with E-state index in [4.69, 9.17) is 16.3 Å². The van der Waals surface area contributed by atoms with Crippen molar-refractivity contribution in [2.75, 3.05) is 26.8 Å². The summed E-state index contributed by atoms with van der Waals surface area (Å²) in [5.41, 5.74) is -0.371. The molecule has 4 nitrogen and oxygen atoms in total. The first kappa shape index (κ1) is 15.8. The van der Waals surface area contributed by atoms with Gasteiger partial charge in [0.15, 0.2) is 0 Å². The average Bonchev–Trinajstić information content (AvgIpc) is 2.41. The Bertz CT molecular complexity index is 503. The van der Waals surface area contributed by atoms with E-state index in [-0.39, 0.29) is 12.5 Å². The normalized spacial score (nSPS) is 17.8. The smallest absolute Gasteiger partial charge is 0.254 e. The van der Waals surface area contributed by atoms with Crippen molar-refractivity contribution in [1.82, 2.24) is 4.90 Å². The molecule has 0 bridgehead atoms. The zero-order valence-electron chi connectivity index (χ0n) is 11.2. The lowest BCUT2D eigenvalue weighted by Crippen LogP contribution is -2.47. The molecule has 0 atom stereocenters. The zero-order valence-corrected chi connectivity index (χ0v) is 13.6. The topological polar surface area (TPSA) is 49.8 Å². The molecule has 1 aromatic rings. The summed E-state index contributed by atoms with van der Waals surface area (Å²) in [7, 11) is 1.68. The Labute approximate surface area is 131 Å². The minimum atomic E-state index is -0.867. The van der Waals surface area contributed by atoms with E-state index in [2.05, 4.69) is 15.9 Å². The predicted octanol–water partition coefficient (Wildman–Crippen LogP) is 2.72. The number of likely N-dealkylation sites (N-methyl/N-ethyl adjacent to an activating group) is 1. The molecule has 0 spiro atoms. The number of aliphatic hydroxyl groups is 1. The van der Waals surface area contributed by atoms with Gasteiger partial charge in [-0.2, -0.15) is 0 Å². The monoisotopic (exact) mass is 361 g/mol. The highest BCUT2D eigenvalue weighted by Crippen LogP contribution is 2.25. The molecule has 1 saturated heterocycles. The Hall–Kier alpha value is -0.620. The van der Waals surface area contributed by atoms with Gasteiger partial charge in [0, 0.05) is 49.1 Å². The van der Waals surface area contributed by atoms with Crippen LogP contribution in [0.25, 0.3) is 0 Å². The van der Waals surface area contributed by atoms with Crippen molar-refractivity contribution >= 4 is 33.4 Å². The number of carbonyl (C=O) groups excluding carboxylic acids is 1. The fraction of sp³-hybridized carbons (Fsp3) is 0.500. The van der Waals surface area contributed by atoms with Crippen LogP contribution in [-0.2, 0) is 4.74 Å². The van der Waals surface area contributed by atoms with Crippen LogP contribution in [0.3, 0.4) is 0 Å². The first-order valence-corrected chi connectivity index (χ1v) is 7.59. The van der Waals surface area contributed by atoms with Gasteiger partial charge in [0.1, 0.15) is 0 Å². The minimum Gasteiger partial charge on any atom is -0.388 e. The van der Waals surface area contributed by atoms with Crippen molar-refractivity contribution in [1.29, 1.82) is 0 Å². The molecule has 1 aliphatic rings. The number of hydrogen-bond acceptors (Lipinski definition) is 3. The van der Waals surface area contributed by atoms with E-state index in [0.717, 1.165) is 0 Å². The molecule has 1 amide bonds. The molecule has 1 aliphatic heterocycles. The van der Waals surface area contributed by atoms with Crippen LogP contribution in [0.1, 0.15) is 23.2 Å². The van der Waals surface area contributed by atoms with Crippen LogP contribution < -0.4 is 0 Å². The molecule has 110 valence electrons. The second kappa shape index (κ2) is 6.43. The average molecular weight is 363 g/mol. The molecule has 1 aromatic carbocycles. The first-order valence-electron chi connectivity index (χ1n) is 6.42. The lowest BCUT2D eigenvalue weighted by molar-refractivity contribution is -0.0734. The quantitative estimate of drug-likeness (QED) is 0.899. The molecule has 20 heavy (non-hydrogen) atoms. The van der Waals surface area contributed by atoms with E-state index in [1.165, 1.54) is 4.90 Å². The van der Waals surface area contributed by atoms with Crippen molar-refractivity contribution in [3.63, 3.8) is 0 Å². The molecule has 1 N–H and O–H groups in total. The van der Waals surface area contributed by atoms with Crippen LogP contribution in [-0.4, -0.2) is 48.3 Å². The van der Waals surface area contributed by atoms with Crippen molar-refractivity contribution in [2.24, 2.45) is 0 Å². The molecule has 1 heterocycles. The van der Waals surface area contributed by atoms with Crippen LogP contribution in [0, 0.1) is 0 Å². The Morgan fingerprint density at radius 2 is 2.15 bits per heavy atom. The number of halogens is 2. The second-order valence-electron chi connectivity index (χ2n) is 5.12. The van der Waals surface area contributed by atoms with E-state index in [1.54, 1.807) is 25.2 Å².